The molecule has 0 bridgehead atoms. The Kier molecular flexibility index (Phi) is 58.3. The van der Waals surface area contributed by atoms with E-state index in [1.807, 2.05) is 0 Å². The molecule has 0 amide bonds. The topological polar surface area (TPSA) is 78.9 Å². The van der Waals surface area contributed by atoms with Gasteiger partial charge in [-0.15, -0.1) is 0 Å². The number of hydrogen-bond acceptors (Lipinski definition) is 6. The fourth-order valence-electron chi connectivity index (χ4n) is 8.35. The van der Waals surface area contributed by atoms with Gasteiger partial charge in [0, 0.05) is 19.3 Å². The summed E-state index contributed by atoms with van der Waals surface area (Å²) in [6.45, 7) is 6.47. The van der Waals surface area contributed by atoms with Crippen molar-refractivity contribution in [3.8, 4) is 0 Å². The smallest absolute Gasteiger partial charge is 0.306 e. The number of allylic oxidation sites excluding steroid dienone is 18. The predicted molar refractivity (Wildman–Crippen MR) is 320 cm³/mol. The second-order valence-electron chi connectivity index (χ2n) is 20.2. The van der Waals surface area contributed by atoms with Gasteiger partial charge in [0.1, 0.15) is 13.2 Å². The van der Waals surface area contributed by atoms with Crippen molar-refractivity contribution in [1.29, 1.82) is 0 Å². The summed E-state index contributed by atoms with van der Waals surface area (Å²) >= 11 is 0. The molecular weight excluding hydrogens is 913 g/mol. The van der Waals surface area contributed by atoms with Gasteiger partial charge in [-0.3, -0.25) is 14.4 Å². The second kappa shape index (κ2) is 61.6. The van der Waals surface area contributed by atoms with E-state index in [-0.39, 0.29) is 31.1 Å². The molecule has 0 aromatic carbocycles. The molecule has 6 nitrogen and oxygen atoms in total. The second-order valence-corrected chi connectivity index (χ2v) is 20.2. The summed E-state index contributed by atoms with van der Waals surface area (Å²) < 4.78 is 16.9. The summed E-state index contributed by atoms with van der Waals surface area (Å²) in [7, 11) is 0. The summed E-state index contributed by atoms with van der Waals surface area (Å²) in [6.07, 6.45) is 83.7. The van der Waals surface area contributed by atoms with Crippen LogP contribution >= 0.6 is 0 Å². The van der Waals surface area contributed by atoms with Gasteiger partial charge in [0.2, 0.25) is 0 Å². The first kappa shape index (κ1) is 70.1. The first-order valence-electron chi connectivity index (χ1n) is 30.9. The van der Waals surface area contributed by atoms with Gasteiger partial charge in [-0.25, -0.2) is 0 Å². The summed E-state index contributed by atoms with van der Waals surface area (Å²) in [5, 5.41) is 0. The minimum atomic E-state index is -0.796. The Balaban J connectivity index is 4.40. The highest BCUT2D eigenvalue weighted by Gasteiger charge is 2.19. The van der Waals surface area contributed by atoms with Crippen molar-refractivity contribution in [2.75, 3.05) is 13.2 Å². The number of hydrogen-bond donors (Lipinski definition) is 0. The molecule has 0 N–H and O–H groups in total. The minimum absolute atomic E-state index is 0.0924. The van der Waals surface area contributed by atoms with Gasteiger partial charge < -0.3 is 14.2 Å². The van der Waals surface area contributed by atoms with Crippen molar-refractivity contribution in [1.82, 2.24) is 0 Å². The highest BCUT2D eigenvalue weighted by atomic mass is 16.6. The molecule has 0 aromatic heterocycles. The van der Waals surface area contributed by atoms with E-state index in [1.54, 1.807) is 0 Å². The molecule has 422 valence electrons. The lowest BCUT2D eigenvalue weighted by Gasteiger charge is -2.18. The lowest BCUT2D eigenvalue weighted by atomic mass is 10.1. The van der Waals surface area contributed by atoms with Gasteiger partial charge in [-0.05, 0) is 128 Å². The molecule has 1 atom stereocenters. The Bertz CT molecular complexity index is 1510. The summed E-state index contributed by atoms with van der Waals surface area (Å²) in [5.41, 5.74) is 0. The van der Waals surface area contributed by atoms with Crippen LogP contribution in [0.2, 0.25) is 0 Å². The standard InChI is InChI=1S/C68H114O6/c1-4-7-10-13-16-19-22-25-27-29-31-33-34-36-37-39-41-43-46-49-52-55-58-61-67(70)73-64-65(63-72-66(69)60-57-54-51-48-45-24-21-18-15-12-9-6-3)74-68(71)62-59-56-53-50-47-44-42-40-38-35-32-30-28-26-23-20-17-14-11-8-5-2/h7,10,16,18-19,21,23,25-27,30-33,36-38,40,65H,4-6,8-9,11-15,17,20,22,24,28-29,34-35,39,41-64H2,1-3H3/b10-7-,19-16-,21-18-,26-23-,27-25-,32-30-,33-31-,37-36-,40-38-. The van der Waals surface area contributed by atoms with Crippen LogP contribution in [-0.2, 0) is 28.6 Å². The average Bonchev–Trinajstić information content (AvgIpc) is 3.40. The Hall–Kier alpha value is -3.93. The third-order valence-corrected chi connectivity index (χ3v) is 13.0. The Labute approximate surface area is 457 Å². The summed E-state index contributed by atoms with van der Waals surface area (Å²) in [5.74, 6) is -0.921. The number of carbonyl (C=O) groups is 3. The third-order valence-electron chi connectivity index (χ3n) is 13.0. The predicted octanol–water partition coefficient (Wildman–Crippen LogP) is 21.0. The maximum absolute atomic E-state index is 12.9. The molecule has 0 aliphatic heterocycles. The molecule has 74 heavy (non-hydrogen) atoms. The van der Waals surface area contributed by atoms with E-state index in [1.165, 1.54) is 116 Å². The van der Waals surface area contributed by atoms with Gasteiger partial charge in [-0.1, -0.05) is 246 Å². The summed E-state index contributed by atoms with van der Waals surface area (Å²) in [4.78, 5) is 38.2. The molecule has 0 radical (unpaired) electrons. The first-order valence-corrected chi connectivity index (χ1v) is 30.9. The highest BCUT2D eigenvalue weighted by Crippen LogP contribution is 2.15. The van der Waals surface area contributed by atoms with Gasteiger partial charge in [0.25, 0.3) is 0 Å². The molecule has 0 spiro atoms. The van der Waals surface area contributed by atoms with E-state index < -0.39 is 6.10 Å². The fraction of sp³-hybridized carbons (Fsp3) is 0.691. The van der Waals surface area contributed by atoms with Crippen LogP contribution in [-0.4, -0.2) is 37.2 Å². The Morgan fingerprint density at radius 2 is 0.527 bits per heavy atom. The fourth-order valence-corrected chi connectivity index (χ4v) is 8.35. The lowest BCUT2D eigenvalue weighted by molar-refractivity contribution is -0.167. The molecule has 6 heteroatoms. The van der Waals surface area contributed by atoms with Crippen LogP contribution in [0.3, 0.4) is 0 Å². The zero-order valence-electron chi connectivity index (χ0n) is 48.3. The van der Waals surface area contributed by atoms with E-state index in [9.17, 15) is 14.4 Å². The minimum Gasteiger partial charge on any atom is -0.462 e. The maximum atomic E-state index is 12.9. The highest BCUT2D eigenvalue weighted by molar-refractivity contribution is 5.71. The molecule has 0 rings (SSSR count). The lowest BCUT2D eigenvalue weighted by Crippen LogP contribution is -2.30. The number of unbranched alkanes of at least 4 members (excludes halogenated alkanes) is 26. The molecule has 0 saturated heterocycles. The van der Waals surface area contributed by atoms with E-state index in [0.717, 1.165) is 128 Å². The molecule has 0 aromatic rings. The molecule has 0 aliphatic rings. The quantitative estimate of drug-likeness (QED) is 0.0261. The van der Waals surface area contributed by atoms with Crippen molar-refractivity contribution in [3.63, 3.8) is 0 Å². The largest absolute Gasteiger partial charge is 0.462 e. The van der Waals surface area contributed by atoms with E-state index >= 15 is 0 Å². The van der Waals surface area contributed by atoms with Gasteiger partial charge in [-0.2, -0.15) is 0 Å². The Morgan fingerprint density at radius 1 is 0.284 bits per heavy atom. The van der Waals surface area contributed by atoms with Crippen LogP contribution in [0, 0.1) is 0 Å². The van der Waals surface area contributed by atoms with Crippen molar-refractivity contribution in [2.45, 2.75) is 290 Å². The van der Waals surface area contributed by atoms with Gasteiger partial charge in [0.05, 0.1) is 0 Å². The van der Waals surface area contributed by atoms with E-state index in [0.29, 0.717) is 19.3 Å². The molecule has 0 saturated carbocycles. The van der Waals surface area contributed by atoms with Crippen molar-refractivity contribution < 1.29 is 28.6 Å². The Morgan fingerprint density at radius 3 is 0.865 bits per heavy atom. The molecule has 0 fully saturated rings. The third kappa shape index (κ3) is 59.0. The number of rotatable bonds is 55. The molecule has 1 unspecified atom stereocenters. The number of ether oxygens (including phenoxy) is 3. The van der Waals surface area contributed by atoms with Crippen molar-refractivity contribution >= 4 is 17.9 Å². The summed E-state index contributed by atoms with van der Waals surface area (Å²) in [6, 6.07) is 0. The van der Waals surface area contributed by atoms with Crippen molar-refractivity contribution in [2.24, 2.45) is 0 Å². The molecule has 0 heterocycles. The average molecular weight is 1030 g/mol. The SMILES string of the molecule is CC/C=C\C/C=C\C/C=C\C/C=C\C/C=C\CCCCCCCCCC(=O)OCC(COC(=O)CCCCCCC/C=C\CCCCC)OC(=O)CCCCCCCC/C=C\C/C=C\C/C=C\CCCCCCC. The van der Waals surface area contributed by atoms with E-state index in [4.69, 9.17) is 14.2 Å². The number of esters is 3. The van der Waals surface area contributed by atoms with Crippen LogP contribution in [0.4, 0.5) is 0 Å². The normalized spacial score (nSPS) is 12.9. The number of carbonyl (C=O) groups excluding carboxylic acids is 3. The van der Waals surface area contributed by atoms with Gasteiger partial charge >= 0.3 is 17.9 Å². The van der Waals surface area contributed by atoms with Crippen molar-refractivity contribution in [3.05, 3.63) is 109 Å². The van der Waals surface area contributed by atoms with Crippen LogP contribution in [0.5, 0.6) is 0 Å². The van der Waals surface area contributed by atoms with Crippen LogP contribution in [0.1, 0.15) is 284 Å². The molecule has 0 aliphatic carbocycles. The van der Waals surface area contributed by atoms with E-state index in [2.05, 4.69) is 130 Å². The van der Waals surface area contributed by atoms with Crippen LogP contribution < -0.4 is 0 Å². The van der Waals surface area contributed by atoms with Crippen LogP contribution in [0.25, 0.3) is 0 Å². The zero-order valence-corrected chi connectivity index (χ0v) is 48.3. The first-order chi connectivity index (χ1) is 36.5. The van der Waals surface area contributed by atoms with Gasteiger partial charge in [0.15, 0.2) is 6.10 Å². The monoisotopic (exact) mass is 1030 g/mol. The molecular formula is C68H114O6. The zero-order chi connectivity index (χ0) is 53.6. The maximum Gasteiger partial charge on any atom is 0.306 e. The van der Waals surface area contributed by atoms with Crippen LogP contribution in [0.15, 0.2) is 109 Å².